The molecular weight excluding hydrogens is 281 g/mol. The molecule has 0 saturated carbocycles. The number of rotatable bonds is 3. The van der Waals surface area contributed by atoms with E-state index in [1.165, 1.54) is 25.4 Å². The van der Waals surface area contributed by atoms with Crippen LogP contribution in [0.5, 0.6) is 0 Å². The molecule has 0 atom stereocenters. The van der Waals surface area contributed by atoms with Gasteiger partial charge in [-0.25, -0.2) is 17.8 Å². The predicted molar refractivity (Wildman–Crippen MR) is 65.3 cm³/mol. The van der Waals surface area contributed by atoms with Crippen LogP contribution in [0, 0.1) is 5.82 Å². The van der Waals surface area contributed by atoms with E-state index in [4.69, 9.17) is 11.6 Å². The SMILES string of the molecule is CCS(=O)(=O)n1ccc(-c2ncc(Cl)cc2F)n1. The molecule has 2 aromatic heterocycles. The second kappa shape index (κ2) is 4.66. The molecule has 2 heterocycles. The summed E-state index contributed by atoms with van der Waals surface area (Å²) in [4.78, 5) is 3.79. The van der Waals surface area contributed by atoms with Crippen LogP contribution in [0.15, 0.2) is 24.5 Å². The van der Waals surface area contributed by atoms with Gasteiger partial charge in [0, 0.05) is 12.4 Å². The Balaban J connectivity index is 2.48. The van der Waals surface area contributed by atoms with E-state index in [9.17, 15) is 12.8 Å². The largest absolute Gasteiger partial charge is 0.253 e. The van der Waals surface area contributed by atoms with E-state index in [2.05, 4.69) is 10.1 Å². The summed E-state index contributed by atoms with van der Waals surface area (Å²) in [6.07, 6.45) is 2.53. The van der Waals surface area contributed by atoms with Gasteiger partial charge in [0.25, 0.3) is 10.0 Å². The minimum Gasteiger partial charge on any atom is -0.250 e. The zero-order valence-electron chi connectivity index (χ0n) is 9.34. The second-order valence-electron chi connectivity index (χ2n) is 3.46. The van der Waals surface area contributed by atoms with Crippen molar-refractivity contribution in [3.8, 4) is 11.4 Å². The maximum Gasteiger partial charge on any atom is 0.253 e. The van der Waals surface area contributed by atoms with E-state index in [1.807, 2.05) is 0 Å². The number of aromatic nitrogens is 3. The van der Waals surface area contributed by atoms with E-state index < -0.39 is 15.8 Å². The molecule has 0 N–H and O–H groups in total. The van der Waals surface area contributed by atoms with Crippen molar-refractivity contribution in [1.29, 1.82) is 0 Å². The van der Waals surface area contributed by atoms with E-state index in [0.717, 1.165) is 10.2 Å². The molecule has 0 saturated heterocycles. The standard InChI is InChI=1S/C10H9ClFN3O2S/c1-2-18(16,17)15-4-3-9(14-15)10-8(12)5-7(11)6-13-10/h3-6H,2H2,1H3. The van der Waals surface area contributed by atoms with Gasteiger partial charge < -0.3 is 0 Å². The highest BCUT2D eigenvalue weighted by Gasteiger charge is 2.15. The monoisotopic (exact) mass is 289 g/mol. The van der Waals surface area contributed by atoms with Crippen molar-refractivity contribution in [1.82, 2.24) is 14.2 Å². The molecule has 0 aromatic carbocycles. The highest BCUT2D eigenvalue weighted by molar-refractivity contribution is 7.89. The Bertz CT molecular complexity index is 684. The van der Waals surface area contributed by atoms with Crippen LogP contribution in [-0.4, -0.2) is 28.3 Å². The molecule has 0 unspecified atom stereocenters. The lowest BCUT2D eigenvalue weighted by atomic mass is 10.2. The van der Waals surface area contributed by atoms with Crippen molar-refractivity contribution >= 4 is 21.6 Å². The Morgan fingerprint density at radius 1 is 1.50 bits per heavy atom. The Morgan fingerprint density at radius 3 is 2.83 bits per heavy atom. The summed E-state index contributed by atoms with van der Waals surface area (Å²) in [5.74, 6) is -0.744. The van der Waals surface area contributed by atoms with Crippen molar-refractivity contribution in [2.75, 3.05) is 5.75 Å². The Hall–Kier alpha value is -1.47. The molecule has 2 aromatic rings. The smallest absolute Gasteiger partial charge is 0.250 e. The van der Waals surface area contributed by atoms with Gasteiger partial charge in [-0.2, -0.15) is 9.19 Å². The minimum absolute atomic E-state index is 0.0375. The fourth-order valence-electron chi connectivity index (χ4n) is 1.32. The fraction of sp³-hybridized carbons (Fsp3) is 0.200. The number of nitrogens with zero attached hydrogens (tertiary/aromatic N) is 3. The van der Waals surface area contributed by atoms with Gasteiger partial charge in [0.1, 0.15) is 11.4 Å². The molecule has 96 valence electrons. The molecule has 5 nitrogen and oxygen atoms in total. The van der Waals surface area contributed by atoms with E-state index in [1.54, 1.807) is 0 Å². The maximum absolute atomic E-state index is 13.6. The molecule has 0 aliphatic heterocycles. The lowest BCUT2D eigenvalue weighted by Crippen LogP contribution is -2.15. The van der Waals surface area contributed by atoms with Crippen LogP contribution in [0.2, 0.25) is 5.02 Å². The van der Waals surface area contributed by atoms with Crippen LogP contribution >= 0.6 is 11.6 Å². The van der Waals surface area contributed by atoms with Gasteiger partial charge in [0.05, 0.1) is 10.8 Å². The normalized spacial score (nSPS) is 11.7. The molecule has 0 amide bonds. The van der Waals surface area contributed by atoms with Crippen LogP contribution < -0.4 is 0 Å². The molecule has 0 aliphatic carbocycles. The van der Waals surface area contributed by atoms with Gasteiger partial charge >= 0.3 is 0 Å². The van der Waals surface area contributed by atoms with Crippen LogP contribution in [0.3, 0.4) is 0 Å². The van der Waals surface area contributed by atoms with E-state index >= 15 is 0 Å². The number of pyridine rings is 1. The first kappa shape index (κ1) is 13.0. The summed E-state index contributed by atoms with van der Waals surface area (Å²) in [6.45, 7) is 1.50. The van der Waals surface area contributed by atoms with Crippen LogP contribution in [0.1, 0.15) is 6.92 Å². The highest BCUT2D eigenvalue weighted by Crippen LogP contribution is 2.21. The van der Waals surface area contributed by atoms with Gasteiger partial charge in [0.2, 0.25) is 0 Å². The number of hydrogen-bond acceptors (Lipinski definition) is 4. The third-order valence-corrected chi connectivity index (χ3v) is 3.98. The number of halogens is 2. The van der Waals surface area contributed by atoms with Gasteiger partial charge in [0.15, 0.2) is 5.82 Å². The quantitative estimate of drug-likeness (QED) is 0.866. The summed E-state index contributed by atoms with van der Waals surface area (Å²) in [6, 6.07) is 2.48. The third kappa shape index (κ3) is 2.37. The van der Waals surface area contributed by atoms with Gasteiger partial charge in [-0.05, 0) is 19.1 Å². The average Bonchev–Trinajstić information content (AvgIpc) is 2.79. The summed E-state index contributed by atoms with van der Waals surface area (Å²) in [5.41, 5.74) is 0.102. The summed E-state index contributed by atoms with van der Waals surface area (Å²) in [5, 5.41) is 3.96. The second-order valence-corrected chi connectivity index (χ2v) is 6.01. The zero-order chi connectivity index (χ0) is 13.3. The Kier molecular flexibility index (Phi) is 3.36. The number of hydrogen-bond donors (Lipinski definition) is 0. The molecular formula is C10H9ClFN3O2S. The van der Waals surface area contributed by atoms with Crippen molar-refractivity contribution in [2.45, 2.75) is 6.92 Å². The zero-order valence-corrected chi connectivity index (χ0v) is 10.9. The van der Waals surface area contributed by atoms with Crippen molar-refractivity contribution in [3.63, 3.8) is 0 Å². The maximum atomic E-state index is 13.6. The minimum atomic E-state index is -3.48. The Morgan fingerprint density at radius 2 is 2.22 bits per heavy atom. The molecule has 2 rings (SSSR count). The van der Waals surface area contributed by atoms with Gasteiger partial charge in [-0.3, -0.25) is 0 Å². The highest BCUT2D eigenvalue weighted by atomic mass is 35.5. The van der Waals surface area contributed by atoms with Crippen LogP contribution in [-0.2, 0) is 10.0 Å². The summed E-state index contributed by atoms with van der Waals surface area (Å²) < 4.78 is 37.5. The average molecular weight is 290 g/mol. The third-order valence-electron chi connectivity index (χ3n) is 2.27. The topological polar surface area (TPSA) is 64.8 Å². The molecule has 0 fully saturated rings. The van der Waals surface area contributed by atoms with Crippen LogP contribution in [0.4, 0.5) is 4.39 Å². The van der Waals surface area contributed by atoms with Crippen molar-refractivity contribution < 1.29 is 12.8 Å². The Labute approximate surface area is 108 Å². The van der Waals surface area contributed by atoms with Gasteiger partial charge in [-0.15, -0.1) is 0 Å². The lowest BCUT2D eigenvalue weighted by molar-refractivity contribution is 0.581. The predicted octanol–water partition coefficient (Wildman–Crippen LogP) is 1.94. The van der Waals surface area contributed by atoms with E-state index in [0.29, 0.717) is 0 Å². The first-order chi connectivity index (χ1) is 8.44. The summed E-state index contributed by atoms with van der Waals surface area (Å²) in [7, 11) is -3.48. The molecule has 0 spiro atoms. The van der Waals surface area contributed by atoms with Crippen molar-refractivity contribution in [3.05, 3.63) is 35.4 Å². The van der Waals surface area contributed by atoms with Gasteiger partial charge in [-0.1, -0.05) is 11.6 Å². The molecule has 0 bridgehead atoms. The molecule has 0 radical (unpaired) electrons. The van der Waals surface area contributed by atoms with Crippen molar-refractivity contribution in [2.24, 2.45) is 0 Å². The molecule has 8 heteroatoms. The van der Waals surface area contributed by atoms with Crippen LogP contribution in [0.25, 0.3) is 11.4 Å². The first-order valence-corrected chi connectivity index (χ1v) is 7.03. The molecule has 18 heavy (non-hydrogen) atoms. The fourth-order valence-corrected chi connectivity index (χ4v) is 2.19. The first-order valence-electron chi connectivity index (χ1n) is 5.04. The summed E-state index contributed by atoms with van der Waals surface area (Å²) >= 11 is 5.58. The van der Waals surface area contributed by atoms with E-state index in [-0.39, 0.29) is 22.2 Å². The molecule has 0 aliphatic rings. The lowest BCUT2D eigenvalue weighted by Gasteiger charge is -2.00.